The number of thiazole rings is 1. The van der Waals surface area contributed by atoms with E-state index in [0.717, 1.165) is 4.47 Å². The molecule has 0 aliphatic carbocycles. The van der Waals surface area contributed by atoms with E-state index in [9.17, 15) is 14.7 Å². The number of carbonyl (C=O) groups excluding carboxylic acids is 2. The van der Waals surface area contributed by atoms with Gasteiger partial charge in [-0.2, -0.15) is 0 Å². The van der Waals surface area contributed by atoms with Crippen LogP contribution in [-0.4, -0.2) is 21.8 Å². The third kappa shape index (κ3) is 3.09. The molecule has 7 heteroatoms. The number of halogens is 1. The Morgan fingerprint density at radius 3 is 2.41 bits per heavy atom. The highest BCUT2D eigenvalue weighted by Crippen LogP contribution is 2.42. The SMILES string of the molecule is O=C1C(=O)N(c2nccs2)[C@@H](c2ccc(Br)cc2)/C1=C(\O)c1ccccc1. The number of ketones is 1. The van der Waals surface area contributed by atoms with Gasteiger partial charge in [-0.25, -0.2) is 4.98 Å². The van der Waals surface area contributed by atoms with Gasteiger partial charge >= 0.3 is 5.91 Å². The van der Waals surface area contributed by atoms with E-state index in [4.69, 9.17) is 0 Å². The van der Waals surface area contributed by atoms with Crippen molar-refractivity contribution in [1.82, 2.24) is 4.98 Å². The van der Waals surface area contributed by atoms with Gasteiger partial charge in [-0.3, -0.25) is 14.5 Å². The minimum absolute atomic E-state index is 0.0590. The van der Waals surface area contributed by atoms with E-state index in [1.54, 1.807) is 35.8 Å². The third-order valence-electron chi connectivity index (χ3n) is 4.30. The second-order valence-electron chi connectivity index (χ2n) is 5.90. The normalized spacial score (nSPS) is 18.9. The minimum atomic E-state index is -0.746. The van der Waals surface area contributed by atoms with Crippen molar-refractivity contribution in [3.05, 3.63) is 87.3 Å². The zero-order valence-electron chi connectivity index (χ0n) is 13.9. The number of Topliss-reactive ketones (excluding diaryl/α,β-unsaturated/α-hetero) is 1. The van der Waals surface area contributed by atoms with Crippen LogP contribution in [0.2, 0.25) is 0 Å². The number of aliphatic hydroxyl groups excluding tert-OH is 1. The van der Waals surface area contributed by atoms with Crippen LogP contribution in [-0.2, 0) is 9.59 Å². The van der Waals surface area contributed by atoms with Crippen LogP contribution in [0.15, 0.2) is 76.2 Å². The van der Waals surface area contributed by atoms with E-state index in [0.29, 0.717) is 16.3 Å². The summed E-state index contributed by atoms with van der Waals surface area (Å²) in [5.74, 6) is -1.62. The number of amides is 1. The molecule has 0 bridgehead atoms. The maximum absolute atomic E-state index is 12.8. The van der Waals surface area contributed by atoms with Gasteiger partial charge in [-0.15, -0.1) is 11.3 Å². The summed E-state index contributed by atoms with van der Waals surface area (Å²) in [7, 11) is 0. The molecule has 0 spiro atoms. The first-order valence-electron chi connectivity index (χ1n) is 8.09. The summed E-state index contributed by atoms with van der Waals surface area (Å²) in [5.41, 5.74) is 1.26. The third-order valence-corrected chi connectivity index (χ3v) is 5.60. The van der Waals surface area contributed by atoms with Gasteiger partial charge in [0.25, 0.3) is 5.78 Å². The van der Waals surface area contributed by atoms with Crippen LogP contribution >= 0.6 is 27.3 Å². The van der Waals surface area contributed by atoms with Gasteiger partial charge in [0.15, 0.2) is 5.13 Å². The summed E-state index contributed by atoms with van der Waals surface area (Å²) in [6, 6.07) is 15.3. The fourth-order valence-corrected chi connectivity index (χ4v) is 4.01. The molecule has 1 aliphatic rings. The molecular weight excluding hydrogens is 428 g/mol. The summed E-state index contributed by atoms with van der Waals surface area (Å²) in [5, 5.41) is 13.0. The van der Waals surface area contributed by atoms with Gasteiger partial charge in [0, 0.05) is 21.6 Å². The Labute approximate surface area is 167 Å². The molecule has 2 heterocycles. The van der Waals surface area contributed by atoms with Crippen molar-refractivity contribution in [2.24, 2.45) is 0 Å². The number of aliphatic hydroxyl groups is 1. The lowest BCUT2D eigenvalue weighted by Gasteiger charge is -2.23. The first kappa shape index (κ1) is 17.6. The monoisotopic (exact) mass is 440 g/mol. The average molecular weight is 441 g/mol. The molecular formula is C20H13BrN2O3S. The highest BCUT2D eigenvalue weighted by molar-refractivity contribution is 9.10. The zero-order chi connectivity index (χ0) is 19.0. The molecule has 0 radical (unpaired) electrons. The molecule has 1 fully saturated rings. The van der Waals surface area contributed by atoms with Crippen LogP contribution in [0.1, 0.15) is 17.2 Å². The van der Waals surface area contributed by atoms with E-state index in [1.165, 1.54) is 16.2 Å². The Balaban J connectivity index is 1.94. The zero-order valence-corrected chi connectivity index (χ0v) is 16.3. The van der Waals surface area contributed by atoms with Crippen molar-refractivity contribution in [1.29, 1.82) is 0 Å². The molecule has 5 nitrogen and oxygen atoms in total. The van der Waals surface area contributed by atoms with E-state index < -0.39 is 17.7 Å². The first-order valence-corrected chi connectivity index (χ1v) is 9.76. The van der Waals surface area contributed by atoms with Crippen LogP contribution in [0.5, 0.6) is 0 Å². The number of hydrogen-bond donors (Lipinski definition) is 1. The molecule has 4 rings (SSSR count). The van der Waals surface area contributed by atoms with E-state index in [1.807, 2.05) is 30.3 Å². The highest BCUT2D eigenvalue weighted by atomic mass is 79.9. The fourth-order valence-electron chi connectivity index (χ4n) is 3.08. The number of nitrogens with zero attached hydrogens (tertiary/aromatic N) is 2. The lowest BCUT2D eigenvalue weighted by Crippen LogP contribution is -2.29. The van der Waals surface area contributed by atoms with Crippen LogP contribution in [0.25, 0.3) is 5.76 Å². The lowest BCUT2D eigenvalue weighted by molar-refractivity contribution is -0.132. The predicted molar refractivity (Wildman–Crippen MR) is 107 cm³/mol. The van der Waals surface area contributed by atoms with Gasteiger partial charge in [-0.1, -0.05) is 58.4 Å². The van der Waals surface area contributed by atoms with Crippen molar-refractivity contribution in [2.45, 2.75) is 6.04 Å². The van der Waals surface area contributed by atoms with Crippen molar-refractivity contribution in [3.63, 3.8) is 0 Å². The molecule has 27 heavy (non-hydrogen) atoms. The lowest BCUT2D eigenvalue weighted by atomic mass is 9.95. The Morgan fingerprint density at radius 2 is 1.78 bits per heavy atom. The number of carbonyl (C=O) groups is 2. The molecule has 1 amide bonds. The Hall–Kier alpha value is -2.77. The molecule has 0 unspecified atom stereocenters. The van der Waals surface area contributed by atoms with Crippen LogP contribution in [0.3, 0.4) is 0 Å². The topological polar surface area (TPSA) is 70.5 Å². The van der Waals surface area contributed by atoms with Crippen LogP contribution in [0, 0.1) is 0 Å². The summed E-state index contributed by atoms with van der Waals surface area (Å²) >= 11 is 4.66. The highest BCUT2D eigenvalue weighted by Gasteiger charge is 2.47. The molecule has 1 saturated heterocycles. The molecule has 1 aliphatic heterocycles. The molecule has 1 aromatic heterocycles. The van der Waals surface area contributed by atoms with E-state index in [-0.39, 0.29) is 11.3 Å². The molecule has 1 atom stereocenters. The van der Waals surface area contributed by atoms with Crippen LogP contribution in [0.4, 0.5) is 5.13 Å². The van der Waals surface area contributed by atoms with Gasteiger partial charge in [-0.05, 0) is 17.7 Å². The second-order valence-corrected chi connectivity index (χ2v) is 7.69. The minimum Gasteiger partial charge on any atom is -0.507 e. The number of anilines is 1. The Bertz CT molecular complexity index is 1030. The largest absolute Gasteiger partial charge is 0.507 e. The molecule has 0 saturated carbocycles. The number of aromatic nitrogens is 1. The van der Waals surface area contributed by atoms with Crippen molar-refractivity contribution >= 4 is 49.8 Å². The summed E-state index contributed by atoms with van der Waals surface area (Å²) in [6.45, 7) is 0. The standard InChI is InChI=1S/C20H13BrN2O3S/c21-14-8-6-12(7-9-14)16-15(17(24)13-4-2-1-3-5-13)18(25)19(26)23(16)20-22-10-11-27-20/h1-11,16,24H/b17-15+/t16-/m0/s1. The van der Waals surface area contributed by atoms with Crippen molar-refractivity contribution in [3.8, 4) is 0 Å². The second kappa shape index (κ2) is 7.09. The van der Waals surface area contributed by atoms with Gasteiger partial charge in [0.1, 0.15) is 5.76 Å². The molecule has 3 aromatic rings. The fraction of sp³-hybridized carbons (Fsp3) is 0.0500. The molecule has 1 N–H and O–H groups in total. The number of rotatable bonds is 3. The predicted octanol–water partition coefficient (Wildman–Crippen LogP) is 4.53. The summed E-state index contributed by atoms with van der Waals surface area (Å²) < 4.78 is 0.875. The molecule has 2 aromatic carbocycles. The number of hydrogen-bond acceptors (Lipinski definition) is 5. The first-order chi connectivity index (χ1) is 13.1. The summed E-state index contributed by atoms with van der Waals surface area (Å²) in [4.78, 5) is 31.2. The van der Waals surface area contributed by atoms with Crippen molar-refractivity contribution in [2.75, 3.05) is 4.90 Å². The quantitative estimate of drug-likeness (QED) is 0.368. The van der Waals surface area contributed by atoms with E-state index >= 15 is 0 Å². The van der Waals surface area contributed by atoms with Gasteiger partial charge in [0.05, 0.1) is 11.6 Å². The molecule has 134 valence electrons. The smallest absolute Gasteiger partial charge is 0.301 e. The Morgan fingerprint density at radius 1 is 1.07 bits per heavy atom. The van der Waals surface area contributed by atoms with Crippen molar-refractivity contribution < 1.29 is 14.7 Å². The average Bonchev–Trinajstić information content (AvgIpc) is 3.30. The van der Waals surface area contributed by atoms with Gasteiger partial charge in [0.2, 0.25) is 0 Å². The maximum atomic E-state index is 12.8. The maximum Gasteiger partial charge on any atom is 0.301 e. The van der Waals surface area contributed by atoms with Gasteiger partial charge < -0.3 is 5.11 Å². The van der Waals surface area contributed by atoms with E-state index in [2.05, 4.69) is 20.9 Å². The number of benzene rings is 2. The van der Waals surface area contributed by atoms with Crippen LogP contribution < -0.4 is 4.90 Å². The Kier molecular flexibility index (Phi) is 4.63. The summed E-state index contributed by atoms with van der Waals surface area (Å²) in [6.07, 6.45) is 1.58.